The van der Waals surface area contributed by atoms with Crippen molar-refractivity contribution >= 4 is 40.7 Å². The third kappa shape index (κ3) is 11.4. The van der Waals surface area contributed by atoms with Gasteiger partial charge < -0.3 is 23.7 Å². The lowest BCUT2D eigenvalue weighted by Crippen LogP contribution is -2.12. The molecule has 0 amide bonds. The number of azo groups is 2. The fourth-order valence-corrected chi connectivity index (χ4v) is 5.34. The van der Waals surface area contributed by atoms with Gasteiger partial charge in [-0.1, -0.05) is 6.58 Å². The van der Waals surface area contributed by atoms with Crippen LogP contribution in [0.3, 0.4) is 0 Å². The molecule has 0 aliphatic rings. The third-order valence-corrected chi connectivity index (χ3v) is 8.53. The number of hydrogen-bond donors (Lipinski definition) is 0. The minimum absolute atomic E-state index is 0.0106. The van der Waals surface area contributed by atoms with Gasteiger partial charge in [0.25, 0.3) is 0 Å². The number of nitrogens with zero attached hydrogens (tertiary/aromatic N) is 6. The van der Waals surface area contributed by atoms with Gasteiger partial charge in [-0.3, -0.25) is 0 Å². The Morgan fingerprint density at radius 2 is 0.967 bits per heavy atom. The van der Waals surface area contributed by atoms with Gasteiger partial charge in [-0.05, 0) is 140 Å². The Bertz CT molecular complexity index is 2720. The van der Waals surface area contributed by atoms with E-state index in [4.69, 9.17) is 23.7 Å². The first-order chi connectivity index (χ1) is 29.6. The number of hydrogen-bond acceptors (Lipinski definition) is 14. The predicted octanol–water partition coefficient (Wildman–Crippen LogP) is 10.9. The van der Waals surface area contributed by atoms with E-state index in [0.717, 1.165) is 0 Å². The summed E-state index contributed by atoms with van der Waals surface area (Å²) in [5.41, 5.74) is 3.85. The van der Waals surface area contributed by atoms with E-state index < -0.39 is 17.9 Å². The Balaban J connectivity index is 1.37. The number of carbonyl (C=O) groups is 3. The molecule has 14 heteroatoms. The zero-order chi connectivity index (χ0) is 43.1. The highest BCUT2D eigenvalue weighted by atomic mass is 16.6. The summed E-state index contributed by atoms with van der Waals surface area (Å²) in [6.07, 6.45) is 0. The quantitative estimate of drug-likeness (QED) is 0.0316. The van der Waals surface area contributed by atoms with Crippen LogP contribution in [0, 0.1) is 22.7 Å². The summed E-state index contributed by atoms with van der Waals surface area (Å²) < 4.78 is 27.9. The Morgan fingerprint density at radius 1 is 0.557 bits per heavy atom. The van der Waals surface area contributed by atoms with Gasteiger partial charge in [0.2, 0.25) is 0 Å². The number of ether oxygens (including phenoxy) is 5. The maximum atomic E-state index is 13.7. The van der Waals surface area contributed by atoms with Gasteiger partial charge >= 0.3 is 17.9 Å². The molecular formula is C47H34N6O8. The molecule has 0 aromatic heterocycles. The van der Waals surface area contributed by atoms with E-state index in [2.05, 4.69) is 39.2 Å². The average Bonchev–Trinajstić information content (AvgIpc) is 3.30. The zero-order valence-electron chi connectivity index (χ0n) is 32.8. The van der Waals surface area contributed by atoms with Crippen LogP contribution in [0.1, 0.15) is 38.8 Å². The first-order valence-corrected chi connectivity index (χ1v) is 18.4. The van der Waals surface area contributed by atoms with Gasteiger partial charge in [-0.25, -0.2) is 14.4 Å². The minimum atomic E-state index is -0.719. The van der Waals surface area contributed by atoms with E-state index in [-0.39, 0.29) is 52.5 Å². The zero-order valence-corrected chi connectivity index (χ0v) is 32.8. The van der Waals surface area contributed by atoms with Crippen molar-refractivity contribution in [1.29, 1.82) is 10.5 Å². The van der Waals surface area contributed by atoms with Crippen molar-refractivity contribution in [2.45, 2.75) is 6.92 Å². The lowest BCUT2D eigenvalue weighted by atomic mass is 10.0. The fraction of sp³-hybridized carbons (Fsp3) is 0.0851. The van der Waals surface area contributed by atoms with Gasteiger partial charge in [0, 0.05) is 16.7 Å². The van der Waals surface area contributed by atoms with Crippen molar-refractivity contribution in [3.8, 4) is 46.3 Å². The molecule has 0 saturated carbocycles. The van der Waals surface area contributed by atoms with Gasteiger partial charge in [0.1, 0.15) is 36.2 Å². The van der Waals surface area contributed by atoms with Crippen LogP contribution in [0.15, 0.2) is 166 Å². The molecule has 0 bridgehead atoms. The smallest absolute Gasteiger partial charge is 0.343 e. The molecule has 0 unspecified atom stereocenters. The Hall–Kier alpha value is -8.75. The van der Waals surface area contributed by atoms with Crippen LogP contribution in [0.25, 0.3) is 11.1 Å². The highest BCUT2D eigenvalue weighted by molar-refractivity contribution is 5.95. The summed E-state index contributed by atoms with van der Waals surface area (Å²) in [5.74, 6) is -0.777. The molecule has 0 spiro atoms. The molecular weight excluding hydrogens is 777 g/mol. The maximum absolute atomic E-state index is 13.7. The van der Waals surface area contributed by atoms with Crippen LogP contribution in [0.2, 0.25) is 0 Å². The van der Waals surface area contributed by atoms with E-state index in [0.29, 0.717) is 45.4 Å². The average molecular weight is 811 g/mol. The summed E-state index contributed by atoms with van der Waals surface area (Å²) in [6, 6.07) is 39.2. The molecule has 0 saturated heterocycles. The molecule has 0 aliphatic heterocycles. The number of esters is 3. The summed E-state index contributed by atoms with van der Waals surface area (Å²) in [4.78, 5) is 38.9. The van der Waals surface area contributed by atoms with Crippen molar-refractivity contribution in [3.63, 3.8) is 0 Å². The summed E-state index contributed by atoms with van der Waals surface area (Å²) in [6.45, 7) is 5.18. The molecule has 0 aliphatic carbocycles. The summed E-state index contributed by atoms with van der Waals surface area (Å²) >= 11 is 0. The van der Waals surface area contributed by atoms with E-state index in [1.165, 1.54) is 25.3 Å². The molecule has 6 aromatic rings. The van der Waals surface area contributed by atoms with E-state index in [9.17, 15) is 24.9 Å². The molecule has 0 heterocycles. The number of benzene rings is 6. The molecule has 0 fully saturated rings. The number of nitriles is 2. The molecule has 14 nitrogen and oxygen atoms in total. The van der Waals surface area contributed by atoms with Crippen LogP contribution in [-0.2, 0) is 9.53 Å². The van der Waals surface area contributed by atoms with Crippen molar-refractivity contribution in [1.82, 2.24) is 0 Å². The predicted molar refractivity (Wildman–Crippen MR) is 223 cm³/mol. The van der Waals surface area contributed by atoms with Crippen LogP contribution >= 0.6 is 0 Å². The topological polar surface area (TPSA) is 194 Å². The first-order valence-electron chi connectivity index (χ1n) is 18.4. The van der Waals surface area contributed by atoms with E-state index in [1.807, 2.05) is 0 Å². The Labute approximate surface area is 350 Å². The Kier molecular flexibility index (Phi) is 13.8. The lowest BCUT2D eigenvalue weighted by molar-refractivity contribution is -0.139. The van der Waals surface area contributed by atoms with Crippen molar-refractivity contribution in [2.24, 2.45) is 20.5 Å². The van der Waals surface area contributed by atoms with Crippen molar-refractivity contribution in [2.75, 3.05) is 20.3 Å². The van der Waals surface area contributed by atoms with Gasteiger partial charge in [0.05, 0.1) is 64.3 Å². The van der Waals surface area contributed by atoms with E-state index in [1.54, 1.807) is 122 Å². The lowest BCUT2D eigenvalue weighted by Gasteiger charge is -2.15. The molecule has 6 rings (SSSR count). The third-order valence-electron chi connectivity index (χ3n) is 8.53. The number of rotatable bonds is 15. The van der Waals surface area contributed by atoms with Crippen LogP contribution < -0.4 is 18.9 Å². The van der Waals surface area contributed by atoms with Gasteiger partial charge in [-0.15, -0.1) is 0 Å². The van der Waals surface area contributed by atoms with Crippen molar-refractivity contribution < 1.29 is 38.1 Å². The summed E-state index contributed by atoms with van der Waals surface area (Å²) in [5, 5.41) is 35.8. The molecule has 6 aromatic carbocycles. The van der Waals surface area contributed by atoms with Crippen LogP contribution in [-0.4, -0.2) is 38.2 Å². The second-order valence-corrected chi connectivity index (χ2v) is 12.9. The van der Waals surface area contributed by atoms with Crippen molar-refractivity contribution in [3.05, 3.63) is 168 Å². The fourth-order valence-electron chi connectivity index (χ4n) is 5.34. The standard InChI is InChI=1S/C47H34N6O8/c1-30(2)45(54)59-25-24-58-40-20-10-34(11-21-40)47(56)61-44-23-17-38(53-51-36-14-6-32(29-49)7-15-36)27-42(44)41-26-37(52-50-35-12-4-31(28-48)5-13-35)16-22-43(41)60-46(55)33-8-18-39(57-3)19-9-33/h4-23,26-27H,1,24-25H2,2-3H3. The van der Waals surface area contributed by atoms with Crippen LogP contribution in [0.4, 0.5) is 22.7 Å². The summed E-state index contributed by atoms with van der Waals surface area (Å²) in [7, 11) is 1.51. The highest BCUT2D eigenvalue weighted by Crippen LogP contribution is 2.42. The molecule has 61 heavy (non-hydrogen) atoms. The maximum Gasteiger partial charge on any atom is 0.343 e. The van der Waals surface area contributed by atoms with Crippen LogP contribution in [0.5, 0.6) is 23.0 Å². The number of carbonyl (C=O) groups excluding carboxylic acids is 3. The molecule has 0 atom stereocenters. The SMILES string of the molecule is C=C(C)C(=O)OCCOc1ccc(C(=O)Oc2ccc(N=Nc3ccc(C#N)cc3)cc2-c2cc(N=Nc3ccc(C#N)cc3)ccc2OC(=O)c2ccc(OC)cc2)cc1. The molecule has 0 radical (unpaired) electrons. The molecule has 300 valence electrons. The first kappa shape index (κ1) is 41.9. The second kappa shape index (κ2) is 20.1. The molecule has 0 N–H and O–H groups in total. The van der Waals surface area contributed by atoms with Gasteiger partial charge in [-0.2, -0.15) is 31.0 Å². The van der Waals surface area contributed by atoms with E-state index >= 15 is 0 Å². The normalized spacial score (nSPS) is 10.7. The second-order valence-electron chi connectivity index (χ2n) is 12.9. The van der Waals surface area contributed by atoms with Gasteiger partial charge in [0.15, 0.2) is 0 Å². The highest BCUT2D eigenvalue weighted by Gasteiger charge is 2.20. The Morgan fingerprint density at radius 3 is 1.38 bits per heavy atom. The number of methoxy groups -OCH3 is 1. The minimum Gasteiger partial charge on any atom is -0.497 e. The monoisotopic (exact) mass is 810 g/mol. The largest absolute Gasteiger partial charge is 0.497 e.